The summed E-state index contributed by atoms with van der Waals surface area (Å²) in [5, 5.41) is 5.26. The highest BCUT2D eigenvalue weighted by Gasteiger charge is 1.99. The SMILES string of the molecule is CNC(=O)NCCc1ccc2nc[nH]c2c1. The van der Waals surface area contributed by atoms with Crippen LogP contribution in [0.1, 0.15) is 5.56 Å². The Kier molecular flexibility index (Phi) is 3.05. The number of aromatic amines is 1. The molecule has 2 rings (SSSR count). The second-order valence-corrected chi connectivity index (χ2v) is 3.51. The summed E-state index contributed by atoms with van der Waals surface area (Å²) in [7, 11) is 1.60. The molecule has 2 aromatic rings. The number of urea groups is 1. The lowest BCUT2D eigenvalue weighted by Crippen LogP contribution is -2.33. The first-order valence-corrected chi connectivity index (χ1v) is 5.17. The maximum Gasteiger partial charge on any atom is 0.314 e. The Balaban J connectivity index is 1.96. The molecule has 0 radical (unpaired) electrons. The van der Waals surface area contributed by atoms with E-state index in [4.69, 9.17) is 0 Å². The average Bonchev–Trinajstić information content (AvgIpc) is 2.76. The van der Waals surface area contributed by atoms with Gasteiger partial charge in [-0.05, 0) is 24.1 Å². The van der Waals surface area contributed by atoms with Crippen molar-refractivity contribution < 1.29 is 4.79 Å². The zero-order valence-corrected chi connectivity index (χ0v) is 9.08. The van der Waals surface area contributed by atoms with Crippen LogP contribution in [0.4, 0.5) is 4.79 Å². The number of nitrogens with zero attached hydrogens (tertiary/aromatic N) is 1. The van der Waals surface area contributed by atoms with Crippen molar-refractivity contribution in [2.45, 2.75) is 6.42 Å². The van der Waals surface area contributed by atoms with Crippen LogP contribution in [0.5, 0.6) is 0 Å². The van der Waals surface area contributed by atoms with Gasteiger partial charge in [-0.25, -0.2) is 9.78 Å². The highest BCUT2D eigenvalue weighted by molar-refractivity contribution is 5.75. The molecule has 3 N–H and O–H groups in total. The van der Waals surface area contributed by atoms with E-state index in [1.807, 2.05) is 18.2 Å². The molecule has 0 aliphatic heterocycles. The number of imidazole rings is 1. The van der Waals surface area contributed by atoms with Gasteiger partial charge in [-0.15, -0.1) is 0 Å². The smallest absolute Gasteiger partial charge is 0.314 e. The summed E-state index contributed by atoms with van der Waals surface area (Å²) in [6.07, 6.45) is 2.49. The monoisotopic (exact) mass is 218 g/mol. The summed E-state index contributed by atoms with van der Waals surface area (Å²) < 4.78 is 0. The van der Waals surface area contributed by atoms with Gasteiger partial charge in [0.25, 0.3) is 0 Å². The number of aromatic nitrogens is 2. The topological polar surface area (TPSA) is 69.8 Å². The molecule has 1 heterocycles. The Labute approximate surface area is 93.3 Å². The fraction of sp³-hybridized carbons (Fsp3) is 0.273. The lowest BCUT2D eigenvalue weighted by atomic mass is 10.1. The van der Waals surface area contributed by atoms with Gasteiger partial charge < -0.3 is 15.6 Å². The van der Waals surface area contributed by atoms with Crippen molar-refractivity contribution in [2.24, 2.45) is 0 Å². The molecule has 0 aliphatic rings. The number of hydrogen-bond donors (Lipinski definition) is 3. The molecule has 84 valence electrons. The molecular weight excluding hydrogens is 204 g/mol. The van der Waals surface area contributed by atoms with Gasteiger partial charge in [0, 0.05) is 13.6 Å². The van der Waals surface area contributed by atoms with Crippen molar-refractivity contribution in [3.63, 3.8) is 0 Å². The van der Waals surface area contributed by atoms with Crippen molar-refractivity contribution in [1.82, 2.24) is 20.6 Å². The minimum atomic E-state index is -0.150. The quantitative estimate of drug-likeness (QED) is 0.720. The molecule has 0 spiro atoms. The fourth-order valence-corrected chi connectivity index (χ4v) is 1.55. The van der Waals surface area contributed by atoms with Crippen molar-refractivity contribution in [3.05, 3.63) is 30.1 Å². The lowest BCUT2D eigenvalue weighted by molar-refractivity contribution is 0.243. The van der Waals surface area contributed by atoms with Crippen LogP contribution in [0, 0.1) is 0 Å². The highest BCUT2D eigenvalue weighted by Crippen LogP contribution is 2.11. The number of H-pyrrole nitrogens is 1. The Bertz CT molecular complexity index is 491. The predicted octanol–water partition coefficient (Wildman–Crippen LogP) is 1.03. The Morgan fingerprint density at radius 3 is 3.19 bits per heavy atom. The van der Waals surface area contributed by atoms with Crippen LogP contribution in [-0.4, -0.2) is 29.6 Å². The Morgan fingerprint density at radius 1 is 1.50 bits per heavy atom. The normalized spacial score (nSPS) is 10.3. The number of carbonyl (C=O) groups is 1. The van der Waals surface area contributed by atoms with Crippen molar-refractivity contribution in [2.75, 3.05) is 13.6 Å². The maximum absolute atomic E-state index is 10.9. The summed E-state index contributed by atoms with van der Waals surface area (Å²) in [5.74, 6) is 0. The average molecular weight is 218 g/mol. The van der Waals surface area contributed by atoms with E-state index in [0.29, 0.717) is 6.54 Å². The third-order valence-corrected chi connectivity index (χ3v) is 2.41. The minimum Gasteiger partial charge on any atom is -0.345 e. The summed E-state index contributed by atoms with van der Waals surface area (Å²) in [4.78, 5) is 18.1. The van der Waals surface area contributed by atoms with Crippen LogP contribution in [-0.2, 0) is 6.42 Å². The van der Waals surface area contributed by atoms with Gasteiger partial charge in [-0.2, -0.15) is 0 Å². The van der Waals surface area contributed by atoms with Gasteiger partial charge in [0.2, 0.25) is 0 Å². The summed E-state index contributed by atoms with van der Waals surface area (Å²) in [6, 6.07) is 5.89. The number of rotatable bonds is 3. The molecule has 1 aromatic heterocycles. The standard InChI is InChI=1S/C11H14N4O/c1-12-11(16)13-5-4-8-2-3-9-10(6-8)15-7-14-9/h2-3,6-7H,4-5H2,1H3,(H,14,15)(H2,12,13,16). The molecule has 16 heavy (non-hydrogen) atoms. The first-order chi connectivity index (χ1) is 7.79. The summed E-state index contributed by atoms with van der Waals surface area (Å²) in [5.41, 5.74) is 3.16. The number of fused-ring (bicyclic) bond motifs is 1. The van der Waals surface area contributed by atoms with Crippen molar-refractivity contribution >= 4 is 17.1 Å². The van der Waals surface area contributed by atoms with Gasteiger partial charge in [-0.3, -0.25) is 0 Å². The number of hydrogen-bond acceptors (Lipinski definition) is 2. The minimum absolute atomic E-state index is 0.150. The van der Waals surface area contributed by atoms with Gasteiger partial charge >= 0.3 is 6.03 Å². The van der Waals surface area contributed by atoms with E-state index in [0.717, 1.165) is 17.5 Å². The predicted molar refractivity (Wildman–Crippen MR) is 62.3 cm³/mol. The van der Waals surface area contributed by atoms with Crippen LogP contribution < -0.4 is 10.6 Å². The molecule has 0 unspecified atom stereocenters. The number of benzene rings is 1. The largest absolute Gasteiger partial charge is 0.345 e. The van der Waals surface area contributed by atoms with Crippen LogP contribution in [0.25, 0.3) is 11.0 Å². The zero-order chi connectivity index (χ0) is 11.4. The van der Waals surface area contributed by atoms with Crippen LogP contribution in [0.3, 0.4) is 0 Å². The van der Waals surface area contributed by atoms with E-state index in [1.54, 1.807) is 13.4 Å². The molecule has 5 heteroatoms. The van der Waals surface area contributed by atoms with E-state index in [1.165, 1.54) is 5.56 Å². The highest BCUT2D eigenvalue weighted by atomic mass is 16.2. The molecule has 1 aromatic carbocycles. The van der Waals surface area contributed by atoms with Crippen molar-refractivity contribution in [3.8, 4) is 0 Å². The first kappa shape index (κ1) is 10.5. The fourth-order valence-electron chi connectivity index (χ4n) is 1.55. The lowest BCUT2D eigenvalue weighted by Gasteiger charge is -2.04. The van der Waals surface area contributed by atoms with E-state index in [-0.39, 0.29) is 6.03 Å². The van der Waals surface area contributed by atoms with Gasteiger partial charge in [0.05, 0.1) is 17.4 Å². The molecule has 2 amide bonds. The molecule has 5 nitrogen and oxygen atoms in total. The van der Waals surface area contributed by atoms with E-state index in [9.17, 15) is 4.79 Å². The third kappa shape index (κ3) is 2.31. The molecule has 0 saturated carbocycles. The van der Waals surface area contributed by atoms with Gasteiger partial charge in [0.1, 0.15) is 0 Å². The van der Waals surface area contributed by atoms with Crippen LogP contribution in [0.2, 0.25) is 0 Å². The second kappa shape index (κ2) is 4.65. The first-order valence-electron chi connectivity index (χ1n) is 5.17. The number of amides is 2. The van der Waals surface area contributed by atoms with E-state index in [2.05, 4.69) is 20.6 Å². The second-order valence-electron chi connectivity index (χ2n) is 3.51. The Morgan fingerprint density at radius 2 is 2.38 bits per heavy atom. The molecule has 0 fully saturated rings. The van der Waals surface area contributed by atoms with Gasteiger partial charge in [0.15, 0.2) is 0 Å². The van der Waals surface area contributed by atoms with E-state index < -0.39 is 0 Å². The van der Waals surface area contributed by atoms with Crippen LogP contribution in [0.15, 0.2) is 24.5 Å². The molecule has 0 aliphatic carbocycles. The summed E-state index contributed by atoms with van der Waals surface area (Å²) >= 11 is 0. The molecule has 0 bridgehead atoms. The zero-order valence-electron chi connectivity index (χ0n) is 9.08. The van der Waals surface area contributed by atoms with Crippen molar-refractivity contribution in [1.29, 1.82) is 0 Å². The molecular formula is C11H14N4O. The van der Waals surface area contributed by atoms with E-state index >= 15 is 0 Å². The molecule has 0 saturated heterocycles. The third-order valence-electron chi connectivity index (χ3n) is 2.41. The number of nitrogens with one attached hydrogen (secondary N) is 3. The maximum atomic E-state index is 10.9. The van der Waals surface area contributed by atoms with Crippen LogP contribution >= 0.6 is 0 Å². The van der Waals surface area contributed by atoms with Gasteiger partial charge in [-0.1, -0.05) is 6.07 Å². The summed E-state index contributed by atoms with van der Waals surface area (Å²) in [6.45, 7) is 0.624. The molecule has 0 atom stereocenters. The number of carbonyl (C=O) groups excluding carboxylic acids is 1. The Hall–Kier alpha value is -2.04.